The molecule has 1 aromatic rings. The number of ether oxygens (including phenoxy) is 1. The second kappa shape index (κ2) is 6.88. The minimum Gasteiger partial charge on any atom is -0.490 e. The summed E-state index contributed by atoms with van der Waals surface area (Å²) in [4.78, 5) is 0.960. The second-order valence-electron chi connectivity index (χ2n) is 5.33. The monoisotopic (exact) mass is 294 g/mol. The van der Waals surface area contributed by atoms with Gasteiger partial charge in [0, 0.05) is 4.90 Å². The van der Waals surface area contributed by atoms with Gasteiger partial charge in [-0.05, 0) is 43.6 Å². The average Bonchev–Trinajstić information content (AvgIpc) is 2.46. The Morgan fingerprint density at radius 3 is 2.90 bits per heavy atom. The fraction of sp³-hybridized carbons (Fsp3) is 0.533. The first kappa shape index (κ1) is 15.0. The first-order valence-electron chi connectivity index (χ1n) is 6.97. The molecule has 0 heterocycles. The van der Waals surface area contributed by atoms with Crippen LogP contribution in [0.4, 0.5) is 0 Å². The van der Waals surface area contributed by atoms with Crippen molar-refractivity contribution in [3.05, 3.63) is 23.8 Å². The lowest BCUT2D eigenvalue weighted by Crippen LogP contribution is -2.26. The zero-order chi connectivity index (χ0) is 14.5. The van der Waals surface area contributed by atoms with Crippen LogP contribution in [0.25, 0.3) is 0 Å². The lowest BCUT2D eigenvalue weighted by molar-refractivity contribution is 0.128. The molecule has 0 amide bonds. The molecule has 1 aliphatic rings. The van der Waals surface area contributed by atoms with Crippen molar-refractivity contribution in [2.24, 2.45) is 16.8 Å². The van der Waals surface area contributed by atoms with Crippen molar-refractivity contribution in [1.82, 2.24) is 0 Å². The number of nitrogens with two attached hydrogens (primary N) is 1. The van der Waals surface area contributed by atoms with E-state index in [2.05, 4.69) is 12.1 Å². The molecule has 1 aliphatic carbocycles. The smallest absolute Gasteiger partial charge is 0.174 e. The van der Waals surface area contributed by atoms with Gasteiger partial charge in [0.05, 0.1) is 11.7 Å². The Kier molecular flexibility index (Phi) is 5.17. The highest BCUT2D eigenvalue weighted by Gasteiger charge is 2.22. The van der Waals surface area contributed by atoms with Crippen LogP contribution >= 0.6 is 11.8 Å². The Hall–Kier alpha value is -1.36. The van der Waals surface area contributed by atoms with Crippen LogP contribution in [0.5, 0.6) is 5.75 Å². The third-order valence-electron chi connectivity index (χ3n) is 3.75. The van der Waals surface area contributed by atoms with E-state index in [1.54, 1.807) is 11.8 Å². The maximum absolute atomic E-state index is 8.98. The molecule has 20 heavy (non-hydrogen) atoms. The molecule has 2 atom stereocenters. The van der Waals surface area contributed by atoms with Crippen LogP contribution in [-0.2, 0) is 0 Å². The number of amidine groups is 1. The van der Waals surface area contributed by atoms with E-state index in [4.69, 9.17) is 15.7 Å². The van der Waals surface area contributed by atoms with Crippen LogP contribution in [0.1, 0.15) is 38.2 Å². The molecule has 0 spiro atoms. The first-order valence-corrected chi connectivity index (χ1v) is 8.19. The molecule has 1 fully saturated rings. The van der Waals surface area contributed by atoms with Crippen molar-refractivity contribution >= 4 is 17.6 Å². The molecule has 2 rings (SSSR count). The standard InChI is InChI=1S/C15H22N2O2S/c1-10-5-3-6-11(9-10)19-12-7-4-8-13(20-2)14(12)15(16)17-18/h4,7-8,10-11,18H,3,5-6,9H2,1-2H3,(H2,16,17). The molecular formula is C15H22N2O2S. The highest BCUT2D eigenvalue weighted by atomic mass is 32.2. The van der Waals surface area contributed by atoms with Crippen molar-refractivity contribution in [3.8, 4) is 5.75 Å². The molecule has 3 N–H and O–H groups in total. The topological polar surface area (TPSA) is 67.8 Å². The maximum Gasteiger partial charge on any atom is 0.174 e. The normalized spacial score (nSPS) is 23.6. The minimum atomic E-state index is 0.105. The third kappa shape index (κ3) is 3.39. The summed E-state index contributed by atoms with van der Waals surface area (Å²) in [5, 5.41) is 12.1. The summed E-state index contributed by atoms with van der Waals surface area (Å²) in [5.41, 5.74) is 6.51. The quantitative estimate of drug-likeness (QED) is 0.293. The molecule has 5 heteroatoms. The van der Waals surface area contributed by atoms with Gasteiger partial charge in [-0.15, -0.1) is 11.8 Å². The van der Waals surface area contributed by atoms with Gasteiger partial charge in [0.2, 0.25) is 0 Å². The zero-order valence-electron chi connectivity index (χ0n) is 12.0. The number of rotatable bonds is 4. The number of nitrogens with zero attached hydrogens (tertiary/aromatic N) is 1. The third-order valence-corrected chi connectivity index (χ3v) is 4.53. The number of hydrogen-bond donors (Lipinski definition) is 2. The molecule has 0 aromatic heterocycles. The molecule has 0 saturated heterocycles. The van der Waals surface area contributed by atoms with Crippen LogP contribution in [0.2, 0.25) is 0 Å². The van der Waals surface area contributed by atoms with Gasteiger partial charge in [-0.3, -0.25) is 0 Å². The Bertz CT molecular complexity index is 491. The summed E-state index contributed by atoms with van der Waals surface area (Å²) in [7, 11) is 0. The predicted octanol–water partition coefficient (Wildman–Crippen LogP) is 3.46. The van der Waals surface area contributed by atoms with Crippen molar-refractivity contribution in [1.29, 1.82) is 0 Å². The fourth-order valence-electron chi connectivity index (χ4n) is 2.75. The Morgan fingerprint density at radius 2 is 2.25 bits per heavy atom. The molecule has 1 aromatic carbocycles. The number of hydrogen-bond acceptors (Lipinski definition) is 4. The van der Waals surface area contributed by atoms with Crippen molar-refractivity contribution in [2.75, 3.05) is 6.26 Å². The average molecular weight is 294 g/mol. The summed E-state index contributed by atoms with van der Waals surface area (Å²) in [6, 6.07) is 5.79. The van der Waals surface area contributed by atoms with Crippen molar-refractivity contribution in [3.63, 3.8) is 0 Å². The summed E-state index contributed by atoms with van der Waals surface area (Å²) in [5.74, 6) is 1.52. The van der Waals surface area contributed by atoms with Gasteiger partial charge >= 0.3 is 0 Å². The van der Waals surface area contributed by atoms with E-state index in [1.165, 1.54) is 12.8 Å². The molecule has 0 bridgehead atoms. The Labute approximate surface area is 124 Å². The van der Waals surface area contributed by atoms with Crippen LogP contribution in [-0.4, -0.2) is 23.4 Å². The van der Waals surface area contributed by atoms with E-state index in [1.807, 2.05) is 24.5 Å². The molecule has 110 valence electrons. The molecule has 0 aliphatic heterocycles. The van der Waals surface area contributed by atoms with Gasteiger partial charge in [-0.2, -0.15) is 0 Å². The van der Waals surface area contributed by atoms with Crippen molar-refractivity contribution in [2.45, 2.75) is 43.6 Å². The summed E-state index contributed by atoms with van der Waals surface area (Å²) < 4.78 is 6.14. The first-order chi connectivity index (χ1) is 9.65. The number of thioether (sulfide) groups is 1. The van der Waals surface area contributed by atoms with E-state index >= 15 is 0 Å². The molecular weight excluding hydrogens is 272 g/mol. The second-order valence-corrected chi connectivity index (χ2v) is 6.18. The minimum absolute atomic E-state index is 0.105. The van der Waals surface area contributed by atoms with Crippen LogP contribution < -0.4 is 10.5 Å². The van der Waals surface area contributed by atoms with Gasteiger partial charge in [-0.1, -0.05) is 24.6 Å². The lowest BCUT2D eigenvalue weighted by atomic mass is 9.88. The van der Waals surface area contributed by atoms with Crippen LogP contribution in [0, 0.1) is 5.92 Å². The molecule has 0 radical (unpaired) electrons. The van der Waals surface area contributed by atoms with Crippen molar-refractivity contribution < 1.29 is 9.94 Å². The van der Waals surface area contributed by atoms with Crippen LogP contribution in [0.3, 0.4) is 0 Å². The van der Waals surface area contributed by atoms with Gasteiger partial charge in [0.15, 0.2) is 5.84 Å². The molecule has 1 saturated carbocycles. The van der Waals surface area contributed by atoms with Gasteiger partial charge < -0.3 is 15.7 Å². The summed E-state index contributed by atoms with van der Waals surface area (Å²) in [6.45, 7) is 2.26. The van der Waals surface area contributed by atoms with Gasteiger partial charge in [0.1, 0.15) is 5.75 Å². The lowest BCUT2D eigenvalue weighted by Gasteiger charge is -2.28. The van der Waals surface area contributed by atoms with E-state index < -0.39 is 0 Å². The highest BCUT2D eigenvalue weighted by molar-refractivity contribution is 7.98. The van der Waals surface area contributed by atoms with E-state index in [-0.39, 0.29) is 11.9 Å². The number of benzene rings is 1. The van der Waals surface area contributed by atoms with Crippen LogP contribution in [0.15, 0.2) is 28.3 Å². The molecule has 2 unspecified atom stereocenters. The Morgan fingerprint density at radius 1 is 1.45 bits per heavy atom. The van der Waals surface area contributed by atoms with E-state index in [9.17, 15) is 0 Å². The SMILES string of the molecule is CSc1cccc(OC2CCCC(C)C2)c1/C(N)=N/O. The van der Waals surface area contributed by atoms with Gasteiger partial charge in [0.25, 0.3) is 0 Å². The molecule has 4 nitrogen and oxygen atoms in total. The van der Waals surface area contributed by atoms with E-state index in [0.717, 1.165) is 17.7 Å². The fourth-order valence-corrected chi connectivity index (χ4v) is 3.37. The zero-order valence-corrected chi connectivity index (χ0v) is 12.8. The Balaban J connectivity index is 2.26. The summed E-state index contributed by atoms with van der Waals surface area (Å²) in [6.07, 6.45) is 6.81. The summed E-state index contributed by atoms with van der Waals surface area (Å²) >= 11 is 1.56. The predicted molar refractivity (Wildman–Crippen MR) is 82.8 cm³/mol. The van der Waals surface area contributed by atoms with E-state index in [0.29, 0.717) is 17.2 Å². The largest absolute Gasteiger partial charge is 0.490 e. The highest BCUT2D eigenvalue weighted by Crippen LogP contribution is 2.32. The maximum atomic E-state index is 8.98. The van der Waals surface area contributed by atoms with Gasteiger partial charge in [-0.25, -0.2) is 0 Å². The number of oxime groups is 1.